The maximum Gasteiger partial charge on any atom is 0.0165 e. The predicted octanol–water partition coefficient (Wildman–Crippen LogP) is 0.936. The number of rotatable bonds is 2. The van der Waals surface area contributed by atoms with Crippen LogP contribution in [0.3, 0.4) is 0 Å². The fourth-order valence-electron chi connectivity index (χ4n) is 1.83. The molecule has 1 aliphatic rings. The molecule has 0 spiro atoms. The van der Waals surface area contributed by atoms with Gasteiger partial charge in [0.1, 0.15) is 0 Å². The molecule has 1 fully saturated rings. The molecule has 0 saturated carbocycles. The Labute approximate surface area is 70.0 Å². The van der Waals surface area contributed by atoms with E-state index < -0.39 is 0 Å². The van der Waals surface area contributed by atoms with Gasteiger partial charge in [-0.25, -0.2) is 0 Å². The van der Waals surface area contributed by atoms with Crippen LogP contribution in [0.15, 0.2) is 0 Å². The van der Waals surface area contributed by atoms with E-state index in [2.05, 4.69) is 38.2 Å². The Morgan fingerprint density at radius 1 is 1.45 bits per heavy atom. The molecule has 66 valence electrons. The molecule has 1 unspecified atom stereocenters. The predicted molar refractivity (Wildman–Crippen MR) is 48.7 cm³/mol. The van der Waals surface area contributed by atoms with Crippen LogP contribution in [-0.4, -0.2) is 37.6 Å². The molecule has 2 heteroatoms. The van der Waals surface area contributed by atoms with Crippen molar-refractivity contribution in [1.82, 2.24) is 10.2 Å². The Morgan fingerprint density at radius 3 is 2.45 bits per heavy atom. The van der Waals surface area contributed by atoms with Gasteiger partial charge in [0.2, 0.25) is 0 Å². The summed E-state index contributed by atoms with van der Waals surface area (Å²) in [5.74, 6) is 0.817. The number of nitrogens with zero attached hydrogens (tertiary/aromatic N) is 1. The molecule has 1 saturated heterocycles. The summed E-state index contributed by atoms with van der Waals surface area (Å²) in [5, 5.41) is 3.52. The van der Waals surface area contributed by atoms with E-state index in [1.807, 2.05) is 0 Å². The Bertz CT molecular complexity index is 130. The summed E-state index contributed by atoms with van der Waals surface area (Å²) in [6.07, 6.45) is 1.32. The molecule has 1 N–H and O–H groups in total. The molecular weight excluding hydrogens is 136 g/mol. The van der Waals surface area contributed by atoms with E-state index in [9.17, 15) is 0 Å². The summed E-state index contributed by atoms with van der Waals surface area (Å²) in [4.78, 5) is 2.28. The third-order valence-corrected chi connectivity index (χ3v) is 2.68. The van der Waals surface area contributed by atoms with Gasteiger partial charge < -0.3 is 10.2 Å². The first kappa shape index (κ1) is 9.01. The number of hydrogen-bond acceptors (Lipinski definition) is 2. The highest BCUT2D eigenvalue weighted by atomic mass is 15.1. The van der Waals surface area contributed by atoms with E-state index >= 15 is 0 Å². The normalized spacial score (nSPS) is 29.7. The molecule has 2 nitrogen and oxygen atoms in total. The van der Waals surface area contributed by atoms with Crippen LogP contribution in [0.4, 0.5) is 0 Å². The van der Waals surface area contributed by atoms with Crippen LogP contribution < -0.4 is 5.32 Å². The minimum atomic E-state index is 0.351. The van der Waals surface area contributed by atoms with Gasteiger partial charge >= 0.3 is 0 Å². The molecule has 1 heterocycles. The van der Waals surface area contributed by atoms with Crippen LogP contribution in [-0.2, 0) is 0 Å². The maximum atomic E-state index is 3.52. The van der Waals surface area contributed by atoms with Crippen molar-refractivity contribution in [3.8, 4) is 0 Å². The molecule has 0 aliphatic carbocycles. The third kappa shape index (κ3) is 2.17. The zero-order valence-corrected chi connectivity index (χ0v) is 8.15. The van der Waals surface area contributed by atoms with Crippen LogP contribution in [0.5, 0.6) is 0 Å². The van der Waals surface area contributed by atoms with Gasteiger partial charge in [-0.05, 0) is 46.8 Å². The van der Waals surface area contributed by atoms with Crippen molar-refractivity contribution in [2.24, 2.45) is 5.92 Å². The average Bonchev–Trinajstić information content (AvgIpc) is 2.10. The lowest BCUT2D eigenvalue weighted by molar-refractivity contribution is 0.251. The van der Waals surface area contributed by atoms with Gasteiger partial charge in [0.25, 0.3) is 0 Å². The molecule has 1 atom stereocenters. The molecule has 1 aliphatic heterocycles. The molecule has 0 amide bonds. The second kappa shape index (κ2) is 3.11. The van der Waals surface area contributed by atoms with Crippen LogP contribution in [0.2, 0.25) is 0 Å². The van der Waals surface area contributed by atoms with Gasteiger partial charge in [-0.1, -0.05) is 0 Å². The van der Waals surface area contributed by atoms with Gasteiger partial charge in [-0.3, -0.25) is 0 Å². The molecule has 0 radical (unpaired) electrons. The van der Waals surface area contributed by atoms with Gasteiger partial charge in [-0.2, -0.15) is 0 Å². The van der Waals surface area contributed by atoms with Crippen molar-refractivity contribution in [2.75, 3.05) is 27.2 Å². The zero-order chi connectivity index (χ0) is 8.48. The largest absolute Gasteiger partial charge is 0.311 e. The Kier molecular flexibility index (Phi) is 2.55. The lowest BCUT2D eigenvalue weighted by atomic mass is 9.89. The van der Waals surface area contributed by atoms with Crippen molar-refractivity contribution < 1.29 is 0 Å². The average molecular weight is 156 g/mol. The summed E-state index contributed by atoms with van der Waals surface area (Å²) < 4.78 is 0. The highest BCUT2D eigenvalue weighted by molar-refractivity contribution is 4.92. The van der Waals surface area contributed by atoms with Gasteiger partial charge in [0.05, 0.1) is 0 Å². The van der Waals surface area contributed by atoms with E-state index in [-0.39, 0.29) is 0 Å². The highest BCUT2D eigenvalue weighted by Gasteiger charge is 2.33. The van der Waals surface area contributed by atoms with E-state index in [1.165, 1.54) is 19.5 Å². The second-order valence-corrected chi connectivity index (χ2v) is 4.40. The smallest absolute Gasteiger partial charge is 0.0165 e. The molecular formula is C9H20N2. The van der Waals surface area contributed by atoms with Crippen molar-refractivity contribution in [1.29, 1.82) is 0 Å². The fourth-order valence-corrected chi connectivity index (χ4v) is 1.83. The Balaban J connectivity index is 2.45. The van der Waals surface area contributed by atoms with Crippen molar-refractivity contribution in [3.05, 3.63) is 0 Å². The zero-order valence-electron chi connectivity index (χ0n) is 8.15. The third-order valence-electron chi connectivity index (χ3n) is 2.68. The van der Waals surface area contributed by atoms with Gasteiger partial charge in [-0.15, -0.1) is 0 Å². The minimum absolute atomic E-state index is 0.351. The topological polar surface area (TPSA) is 15.3 Å². The van der Waals surface area contributed by atoms with Crippen molar-refractivity contribution in [2.45, 2.75) is 25.8 Å². The molecule has 0 aromatic heterocycles. The van der Waals surface area contributed by atoms with E-state index in [4.69, 9.17) is 0 Å². The van der Waals surface area contributed by atoms with E-state index in [1.54, 1.807) is 0 Å². The molecule has 1 rings (SSSR count). The van der Waals surface area contributed by atoms with Crippen LogP contribution in [0.25, 0.3) is 0 Å². The summed E-state index contributed by atoms with van der Waals surface area (Å²) in [7, 11) is 4.29. The molecule has 0 aromatic rings. The maximum absolute atomic E-state index is 3.52. The quantitative estimate of drug-likeness (QED) is 0.640. The number of hydrogen-bond donors (Lipinski definition) is 1. The SMILES string of the molecule is CN(C)CC1CCNC1(C)C. The standard InChI is InChI=1S/C9H20N2/c1-9(2)8(5-6-10-9)7-11(3)4/h8,10H,5-7H2,1-4H3. The first-order valence-electron chi connectivity index (χ1n) is 4.42. The van der Waals surface area contributed by atoms with Crippen LogP contribution in [0.1, 0.15) is 20.3 Å². The first-order valence-corrected chi connectivity index (χ1v) is 4.42. The van der Waals surface area contributed by atoms with Crippen molar-refractivity contribution >= 4 is 0 Å². The summed E-state index contributed by atoms with van der Waals surface area (Å²) in [6, 6.07) is 0. The van der Waals surface area contributed by atoms with Gasteiger partial charge in [0, 0.05) is 12.1 Å². The van der Waals surface area contributed by atoms with Crippen molar-refractivity contribution in [3.63, 3.8) is 0 Å². The molecule has 11 heavy (non-hydrogen) atoms. The lowest BCUT2D eigenvalue weighted by Gasteiger charge is -2.29. The van der Waals surface area contributed by atoms with E-state index in [0.29, 0.717) is 5.54 Å². The fraction of sp³-hybridized carbons (Fsp3) is 1.00. The second-order valence-electron chi connectivity index (χ2n) is 4.40. The highest BCUT2D eigenvalue weighted by Crippen LogP contribution is 2.25. The Morgan fingerprint density at radius 2 is 2.09 bits per heavy atom. The van der Waals surface area contributed by atoms with Crippen LogP contribution in [0, 0.1) is 5.92 Å². The van der Waals surface area contributed by atoms with Crippen LogP contribution >= 0.6 is 0 Å². The summed E-state index contributed by atoms with van der Waals surface area (Å²) in [5.41, 5.74) is 0.351. The summed E-state index contributed by atoms with van der Waals surface area (Å²) in [6.45, 7) is 6.99. The van der Waals surface area contributed by atoms with E-state index in [0.717, 1.165) is 5.92 Å². The lowest BCUT2D eigenvalue weighted by Crippen LogP contribution is -2.41. The molecule has 0 bridgehead atoms. The summed E-state index contributed by atoms with van der Waals surface area (Å²) >= 11 is 0. The monoisotopic (exact) mass is 156 g/mol. The van der Waals surface area contributed by atoms with Gasteiger partial charge in [0.15, 0.2) is 0 Å². The minimum Gasteiger partial charge on any atom is -0.311 e. The molecule has 0 aromatic carbocycles. The Hall–Kier alpha value is -0.0800. The number of nitrogens with one attached hydrogen (secondary N) is 1. The first-order chi connectivity index (χ1) is 5.02.